The summed E-state index contributed by atoms with van der Waals surface area (Å²) in [6, 6.07) is 21.3. The smallest absolute Gasteiger partial charge is 0.269 e. The number of hydrogen-bond acceptors (Lipinski definition) is 5. The third kappa shape index (κ3) is 3.89. The number of nitrogens with zero attached hydrogens (tertiary/aromatic N) is 1. The van der Waals surface area contributed by atoms with E-state index in [1.54, 1.807) is 12.1 Å². The largest absolute Gasteiger partial charge is 0.457 e. The summed E-state index contributed by atoms with van der Waals surface area (Å²) in [5, 5.41) is 16.8. The van der Waals surface area contributed by atoms with Gasteiger partial charge in [0.2, 0.25) is 5.91 Å². The van der Waals surface area contributed by atoms with Gasteiger partial charge in [-0.25, -0.2) is 0 Å². The molecule has 0 atom stereocenters. The minimum atomic E-state index is -0.437. The molecule has 7 heteroatoms. The molecule has 0 radical (unpaired) electrons. The number of carbonyl (C=O) groups excluding carboxylic acids is 1. The van der Waals surface area contributed by atoms with Crippen molar-refractivity contribution in [1.82, 2.24) is 5.32 Å². The van der Waals surface area contributed by atoms with Crippen molar-refractivity contribution in [1.29, 1.82) is 0 Å². The van der Waals surface area contributed by atoms with Crippen molar-refractivity contribution < 1.29 is 14.5 Å². The van der Waals surface area contributed by atoms with Gasteiger partial charge in [0.05, 0.1) is 10.8 Å². The molecule has 0 unspecified atom stereocenters. The molecule has 1 aliphatic rings. The number of para-hydroxylation sites is 2. The number of non-ortho nitro benzene ring substituents is 1. The molecule has 1 heterocycles. The van der Waals surface area contributed by atoms with E-state index in [0.717, 1.165) is 16.8 Å². The van der Waals surface area contributed by atoms with Gasteiger partial charge in [0, 0.05) is 42.0 Å². The Morgan fingerprint density at radius 3 is 2.07 bits per heavy atom. The first kappa shape index (κ1) is 18.5. The van der Waals surface area contributed by atoms with Crippen molar-refractivity contribution in [3.63, 3.8) is 0 Å². The van der Waals surface area contributed by atoms with Crippen LogP contribution in [-0.2, 0) is 4.79 Å². The summed E-state index contributed by atoms with van der Waals surface area (Å²) >= 11 is 0. The Morgan fingerprint density at radius 1 is 0.897 bits per heavy atom. The van der Waals surface area contributed by atoms with E-state index in [1.165, 1.54) is 12.1 Å². The Hall–Kier alpha value is -3.87. The number of fused-ring (bicyclic) bond motifs is 2. The van der Waals surface area contributed by atoms with E-state index < -0.39 is 10.8 Å². The number of hydrogen-bond donors (Lipinski definition) is 2. The first-order valence-corrected chi connectivity index (χ1v) is 9.25. The lowest BCUT2D eigenvalue weighted by atomic mass is 9.87. The molecule has 1 aliphatic heterocycles. The maximum Gasteiger partial charge on any atom is 0.269 e. The first-order valence-electron chi connectivity index (χ1n) is 9.25. The molecule has 0 saturated heterocycles. The topological polar surface area (TPSA) is 93.5 Å². The fourth-order valence-corrected chi connectivity index (χ4v) is 3.39. The van der Waals surface area contributed by atoms with Crippen molar-refractivity contribution in [2.24, 2.45) is 0 Å². The fraction of sp³-hybridized carbons (Fsp3) is 0.136. The zero-order chi connectivity index (χ0) is 20.2. The van der Waals surface area contributed by atoms with Gasteiger partial charge in [-0.1, -0.05) is 36.4 Å². The summed E-state index contributed by atoms with van der Waals surface area (Å²) in [7, 11) is 0. The molecule has 146 valence electrons. The Balaban J connectivity index is 1.41. The molecule has 0 aromatic heterocycles. The Labute approximate surface area is 167 Å². The van der Waals surface area contributed by atoms with Crippen LogP contribution >= 0.6 is 0 Å². The van der Waals surface area contributed by atoms with E-state index in [0.29, 0.717) is 24.6 Å². The van der Waals surface area contributed by atoms with E-state index in [-0.39, 0.29) is 11.6 Å². The number of nitro benzene ring substituents is 1. The maximum atomic E-state index is 13.0. The van der Waals surface area contributed by atoms with Crippen LogP contribution in [-0.4, -0.2) is 23.9 Å². The molecule has 0 fully saturated rings. The monoisotopic (exact) mass is 389 g/mol. The van der Waals surface area contributed by atoms with Crippen molar-refractivity contribution >= 4 is 17.3 Å². The first-order chi connectivity index (χ1) is 14.1. The van der Waals surface area contributed by atoms with Crippen LogP contribution in [0.5, 0.6) is 11.5 Å². The van der Waals surface area contributed by atoms with Crippen LogP contribution in [0.2, 0.25) is 0 Å². The Morgan fingerprint density at radius 2 is 1.48 bits per heavy atom. The van der Waals surface area contributed by atoms with Gasteiger partial charge < -0.3 is 15.4 Å². The van der Waals surface area contributed by atoms with Gasteiger partial charge in [0.25, 0.3) is 5.69 Å². The predicted octanol–water partition coefficient (Wildman–Crippen LogP) is 4.06. The average molecular weight is 389 g/mol. The summed E-state index contributed by atoms with van der Waals surface area (Å²) in [6.45, 7) is 0.910. The molecule has 29 heavy (non-hydrogen) atoms. The van der Waals surface area contributed by atoms with E-state index in [2.05, 4.69) is 10.6 Å². The predicted molar refractivity (Wildman–Crippen MR) is 109 cm³/mol. The highest BCUT2D eigenvalue weighted by molar-refractivity contribution is 5.89. The van der Waals surface area contributed by atoms with Crippen LogP contribution in [0.1, 0.15) is 17.0 Å². The van der Waals surface area contributed by atoms with Crippen LogP contribution in [0.25, 0.3) is 0 Å². The lowest BCUT2D eigenvalue weighted by Crippen LogP contribution is -2.34. The van der Waals surface area contributed by atoms with Crippen LogP contribution in [0.3, 0.4) is 0 Å². The van der Waals surface area contributed by atoms with E-state index in [1.807, 2.05) is 48.5 Å². The van der Waals surface area contributed by atoms with Gasteiger partial charge in [0.15, 0.2) is 0 Å². The summed E-state index contributed by atoms with van der Waals surface area (Å²) in [6.07, 6.45) is 0. The van der Waals surface area contributed by atoms with Gasteiger partial charge in [-0.2, -0.15) is 0 Å². The van der Waals surface area contributed by atoms with Gasteiger partial charge >= 0.3 is 0 Å². The van der Waals surface area contributed by atoms with Gasteiger partial charge in [-0.3, -0.25) is 14.9 Å². The second-order valence-electron chi connectivity index (χ2n) is 6.63. The molecular formula is C22H19N3O4. The minimum absolute atomic E-state index is 0.0423. The summed E-state index contributed by atoms with van der Waals surface area (Å²) < 4.78 is 5.93. The van der Waals surface area contributed by atoms with Crippen molar-refractivity contribution in [2.45, 2.75) is 5.92 Å². The Kier molecular flexibility index (Phi) is 5.11. The van der Waals surface area contributed by atoms with Crippen molar-refractivity contribution in [2.75, 3.05) is 18.4 Å². The SMILES string of the molecule is O=C(NCCNc1ccc([N+](=O)[O-])cc1)C1c2ccccc2Oc2ccccc21. The molecule has 4 rings (SSSR count). The van der Waals surface area contributed by atoms with E-state index >= 15 is 0 Å². The van der Waals surface area contributed by atoms with Gasteiger partial charge in [-0.15, -0.1) is 0 Å². The third-order valence-electron chi connectivity index (χ3n) is 4.77. The molecular weight excluding hydrogens is 370 g/mol. The van der Waals surface area contributed by atoms with Crippen LogP contribution < -0.4 is 15.4 Å². The average Bonchev–Trinajstić information content (AvgIpc) is 2.75. The van der Waals surface area contributed by atoms with Crippen LogP contribution in [0.4, 0.5) is 11.4 Å². The van der Waals surface area contributed by atoms with Crippen molar-refractivity contribution in [3.8, 4) is 11.5 Å². The molecule has 0 spiro atoms. The Bertz CT molecular complexity index is 1000. The van der Waals surface area contributed by atoms with Gasteiger partial charge in [-0.05, 0) is 24.3 Å². The summed E-state index contributed by atoms with van der Waals surface area (Å²) in [4.78, 5) is 23.3. The number of anilines is 1. The molecule has 7 nitrogen and oxygen atoms in total. The standard InChI is InChI=1S/C22H19N3O4/c26-22(24-14-13-23-15-9-11-16(12-10-15)25(27)28)21-17-5-1-3-7-19(17)29-20-8-4-2-6-18(20)21/h1-12,21,23H,13-14H2,(H,24,26). The lowest BCUT2D eigenvalue weighted by Gasteiger charge is -2.27. The zero-order valence-electron chi connectivity index (χ0n) is 15.5. The number of rotatable bonds is 6. The molecule has 0 bridgehead atoms. The normalized spacial score (nSPS) is 12.3. The molecule has 3 aromatic carbocycles. The minimum Gasteiger partial charge on any atom is -0.457 e. The maximum absolute atomic E-state index is 13.0. The highest BCUT2D eigenvalue weighted by Gasteiger charge is 2.32. The van der Waals surface area contributed by atoms with Gasteiger partial charge in [0.1, 0.15) is 11.5 Å². The second kappa shape index (κ2) is 8.02. The number of amides is 1. The molecule has 3 aromatic rings. The fourth-order valence-electron chi connectivity index (χ4n) is 3.39. The second-order valence-corrected chi connectivity index (χ2v) is 6.63. The third-order valence-corrected chi connectivity index (χ3v) is 4.77. The van der Waals surface area contributed by atoms with Crippen LogP contribution in [0, 0.1) is 10.1 Å². The number of carbonyl (C=O) groups is 1. The van der Waals surface area contributed by atoms with Crippen LogP contribution in [0.15, 0.2) is 72.8 Å². The highest BCUT2D eigenvalue weighted by Crippen LogP contribution is 2.43. The summed E-state index contributed by atoms with van der Waals surface area (Å²) in [5.41, 5.74) is 2.48. The molecule has 0 saturated carbocycles. The molecule has 2 N–H and O–H groups in total. The summed E-state index contributed by atoms with van der Waals surface area (Å²) in [5.74, 6) is 0.847. The number of nitrogens with one attached hydrogen (secondary N) is 2. The quantitative estimate of drug-likeness (QED) is 0.377. The molecule has 0 aliphatic carbocycles. The lowest BCUT2D eigenvalue weighted by molar-refractivity contribution is -0.384. The van der Waals surface area contributed by atoms with Crippen molar-refractivity contribution in [3.05, 3.63) is 94.0 Å². The number of nitro groups is 1. The van der Waals surface area contributed by atoms with E-state index in [4.69, 9.17) is 4.74 Å². The number of ether oxygens (including phenoxy) is 1. The highest BCUT2D eigenvalue weighted by atomic mass is 16.6. The number of benzene rings is 3. The zero-order valence-corrected chi connectivity index (χ0v) is 15.5. The van der Waals surface area contributed by atoms with E-state index in [9.17, 15) is 14.9 Å². The molecule has 1 amide bonds.